The average Bonchev–Trinajstić information content (AvgIpc) is 3.03. The predicted molar refractivity (Wildman–Crippen MR) is 140 cm³/mol. The zero-order valence-corrected chi connectivity index (χ0v) is 21.6. The molecule has 1 amide bonds. The lowest BCUT2D eigenvalue weighted by Gasteiger charge is -2.17. The Labute approximate surface area is 229 Å². The summed E-state index contributed by atoms with van der Waals surface area (Å²) in [6.45, 7) is 0.724. The van der Waals surface area contributed by atoms with E-state index in [9.17, 15) is 18.4 Å². The quantitative estimate of drug-likeness (QED) is 0.387. The zero-order chi connectivity index (χ0) is 29.3. The smallest absolute Gasteiger partial charge is 0.277 e. The first-order valence-corrected chi connectivity index (χ1v) is 12.5. The van der Waals surface area contributed by atoms with Gasteiger partial charge < -0.3 is 10.1 Å². The molecule has 11 heteroatoms. The van der Waals surface area contributed by atoms with E-state index in [1.165, 1.54) is 10.6 Å². The molecule has 0 aromatic carbocycles. The number of fused-ring (bicyclic) bond motifs is 4. The number of hydrogen-bond donors (Lipinski definition) is 1. The topological polar surface area (TPSA) is 99.0 Å². The Morgan fingerprint density at radius 1 is 1.13 bits per heavy atom. The van der Waals surface area contributed by atoms with Crippen LogP contribution < -0.4 is 15.6 Å². The molecule has 8 nitrogen and oxygen atoms in total. The van der Waals surface area contributed by atoms with E-state index in [0.717, 1.165) is 5.56 Å². The van der Waals surface area contributed by atoms with Crippen LogP contribution in [0.3, 0.4) is 0 Å². The molecule has 4 aromatic heterocycles. The SMILES string of the molecule is [2H]C([2H])(Oc1cc2n(c(=O)c1Cl)-c1cc(-c3ccc4c(n3)C(C)(C)C(=O)N4)ncc1CCC2)c1ncc(F)cc1F. The molecule has 0 unspecified atom stereocenters. The van der Waals surface area contributed by atoms with Gasteiger partial charge in [0, 0.05) is 24.0 Å². The van der Waals surface area contributed by atoms with Gasteiger partial charge in [-0.2, -0.15) is 0 Å². The molecule has 1 N–H and O–H groups in total. The van der Waals surface area contributed by atoms with Crippen molar-refractivity contribution < 1.29 is 21.1 Å². The highest BCUT2D eigenvalue weighted by molar-refractivity contribution is 6.31. The molecule has 2 aliphatic rings. The molecule has 0 saturated carbocycles. The standard InChI is InChI=1S/C28H22ClF2N5O3/c1-28(2)25-19(35-27(28)38)7-6-18(34-25)20-10-22-14(11-32-20)4-3-5-16-9-23(24(29)26(37)36(16)22)39-13-21-17(31)8-15(30)12-33-21/h6-12H,3-5,13H2,1-2H3,(H,35,38)/i13D2. The Kier molecular flexibility index (Phi) is 5.39. The van der Waals surface area contributed by atoms with Crippen molar-refractivity contribution >= 4 is 23.2 Å². The van der Waals surface area contributed by atoms with Crippen LogP contribution in [0.2, 0.25) is 5.02 Å². The number of hydrogen-bond acceptors (Lipinski definition) is 6. The molecule has 0 aliphatic carbocycles. The molecule has 4 aromatic rings. The Balaban J connectivity index is 1.43. The maximum atomic E-state index is 14.3. The number of rotatable bonds is 4. The minimum absolute atomic E-state index is 0.150. The van der Waals surface area contributed by atoms with E-state index in [0.29, 0.717) is 65.7 Å². The van der Waals surface area contributed by atoms with E-state index in [-0.39, 0.29) is 11.7 Å². The largest absolute Gasteiger partial charge is 0.485 e. The number of carbonyl (C=O) groups is 1. The summed E-state index contributed by atoms with van der Waals surface area (Å²) in [6, 6.07) is 7.16. The number of halogens is 3. The fraction of sp³-hybridized carbons (Fsp3) is 0.250. The maximum Gasteiger partial charge on any atom is 0.277 e. The van der Waals surface area contributed by atoms with Crippen LogP contribution in [0.15, 0.2) is 47.5 Å². The summed E-state index contributed by atoms with van der Waals surface area (Å²) >= 11 is 6.41. The minimum atomic E-state index is -2.85. The molecule has 6 heterocycles. The molecule has 0 radical (unpaired) electrons. The summed E-state index contributed by atoms with van der Waals surface area (Å²) in [5, 5.41) is 2.40. The lowest BCUT2D eigenvalue weighted by atomic mass is 9.90. The summed E-state index contributed by atoms with van der Waals surface area (Å²) in [5.74, 6) is -2.66. The monoisotopic (exact) mass is 551 g/mol. The van der Waals surface area contributed by atoms with E-state index < -0.39 is 39.9 Å². The van der Waals surface area contributed by atoms with Crippen molar-refractivity contribution in [3.8, 4) is 22.8 Å². The number of nitrogens with zero attached hydrogens (tertiary/aromatic N) is 4. The second-order valence-electron chi connectivity index (χ2n) is 9.87. The van der Waals surface area contributed by atoms with Gasteiger partial charge in [-0.25, -0.2) is 13.8 Å². The van der Waals surface area contributed by atoms with Crippen molar-refractivity contribution in [2.24, 2.45) is 0 Å². The Bertz CT molecular complexity index is 1830. The van der Waals surface area contributed by atoms with Crippen LogP contribution in [0.5, 0.6) is 5.75 Å². The molecule has 0 atom stereocenters. The molecule has 6 rings (SSSR count). The summed E-state index contributed by atoms with van der Waals surface area (Å²) in [7, 11) is 0. The highest BCUT2D eigenvalue weighted by Gasteiger charge is 2.40. The van der Waals surface area contributed by atoms with E-state index in [4.69, 9.17) is 24.1 Å². The van der Waals surface area contributed by atoms with Gasteiger partial charge >= 0.3 is 0 Å². The molecule has 198 valence electrons. The van der Waals surface area contributed by atoms with Crippen LogP contribution in [0.1, 0.15) is 45.7 Å². The number of aryl methyl sites for hydroxylation is 2. The van der Waals surface area contributed by atoms with Crippen LogP contribution in [-0.2, 0) is 29.6 Å². The lowest BCUT2D eigenvalue weighted by Crippen LogP contribution is -2.27. The van der Waals surface area contributed by atoms with Crippen molar-refractivity contribution in [2.75, 3.05) is 5.32 Å². The Hall–Kier alpha value is -4.18. The molecule has 2 aliphatic heterocycles. The maximum absolute atomic E-state index is 14.3. The highest BCUT2D eigenvalue weighted by Crippen LogP contribution is 2.37. The summed E-state index contributed by atoms with van der Waals surface area (Å²) in [4.78, 5) is 38.8. The first-order valence-electron chi connectivity index (χ1n) is 13.1. The van der Waals surface area contributed by atoms with Crippen molar-refractivity contribution in [1.29, 1.82) is 0 Å². The number of amides is 1. The van der Waals surface area contributed by atoms with Gasteiger partial charge in [0.25, 0.3) is 5.56 Å². The highest BCUT2D eigenvalue weighted by atomic mass is 35.5. The number of pyridine rings is 4. The zero-order valence-electron chi connectivity index (χ0n) is 22.8. The molecular weight excluding hydrogens is 528 g/mol. The van der Waals surface area contributed by atoms with Crippen molar-refractivity contribution in [2.45, 2.75) is 45.1 Å². The van der Waals surface area contributed by atoms with Crippen LogP contribution in [0, 0.1) is 11.6 Å². The Morgan fingerprint density at radius 2 is 1.95 bits per heavy atom. The van der Waals surface area contributed by atoms with Gasteiger partial charge in [0.2, 0.25) is 5.91 Å². The van der Waals surface area contributed by atoms with Crippen LogP contribution in [0.25, 0.3) is 17.1 Å². The minimum Gasteiger partial charge on any atom is -0.485 e. The van der Waals surface area contributed by atoms with Gasteiger partial charge in [-0.1, -0.05) is 11.6 Å². The molecule has 0 fully saturated rings. The lowest BCUT2D eigenvalue weighted by molar-refractivity contribution is -0.119. The summed E-state index contributed by atoms with van der Waals surface area (Å²) in [5.41, 5.74) is 1.78. The van der Waals surface area contributed by atoms with E-state index in [1.54, 1.807) is 38.2 Å². The van der Waals surface area contributed by atoms with Crippen LogP contribution >= 0.6 is 11.6 Å². The van der Waals surface area contributed by atoms with Gasteiger partial charge in [0.05, 0.1) is 42.8 Å². The summed E-state index contributed by atoms with van der Waals surface area (Å²) in [6.07, 6.45) is 4.02. The van der Waals surface area contributed by atoms with Gasteiger partial charge in [0.15, 0.2) is 5.82 Å². The number of ether oxygens (including phenoxy) is 1. The van der Waals surface area contributed by atoms with Crippen LogP contribution in [0.4, 0.5) is 14.5 Å². The van der Waals surface area contributed by atoms with Gasteiger partial charge in [-0.15, -0.1) is 0 Å². The number of anilines is 1. The molecule has 39 heavy (non-hydrogen) atoms. The number of carbonyl (C=O) groups excluding carboxylic acids is 1. The second-order valence-corrected chi connectivity index (χ2v) is 10.2. The van der Waals surface area contributed by atoms with E-state index in [2.05, 4.69) is 15.3 Å². The molecule has 0 spiro atoms. The van der Waals surface area contributed by atoms with Gasteiger partial charge in [-0.3, -0.25) is 24.1 Å². The van der Waals surface area contributed by atoms with E-state index in [1.807, 2.05) is 0 Å². The third-order valence-corrected chi connectivity index (χ3v) is 7.25. The summed E-state index contributed by atoms with van der Waals surface area (Å²) < 4.78 is 50.8. The Morgan fingerprint density at radius 3 is 2.74 bits per heavy atom. The molecule has 0 saturated heterocycles. The third-order valence-electron chi connectivity index (χ3n) is 6.90. The van der Waals surface area contributed by atoms with Crippen molar-refractivity contribution in [1.82, 2.24) is 19.5 Å². The van der Waals surface area contributed by atoms with Crippen molar-refractivity contribution in [3.63, 3.8) is 0 Å². The fourth-order valence-corrected chi connectivity index (χ4v) is 4.95. The third kappa shape index (κ3) is 4.24. The van der Waals surface area contributed by atoms with Crippen molar-refractivity contribution in [3.05, 3.63) is 92.4 Å². The molecule has 0 bridgehead atoms. The second kappa shape index (κ2) is 9.23. The van der Waals surface area contributed by atoms with Gasteiger partial charge in [0.1, 0.15) is 28.8 Å². The first-order chi connectivity index (χ1) is 19.4. The molecular formula is C28H22ClF2N5O3. The van der Waals surface area contributed by atoms with Gasteiger partial charge in [-0.05, 0) is 56.9 Å². The van der Waals surface area contributed by atoms with Crippen LogP contribution in [-0.4, -0.2) is 25.4 Å². The number of aromatic nitrogens is 4. The first kappa shape index (κ1) is 22.8. The normalized spacial score (nSPS) is 16.3. The fourth-order valence-electron chi connectivity index (χ4n) is 4.77. The van der Waals surface area contributed by atoms with E-state index >= 15 is 0 Å². The average molecular weight is 552 g/mol. The number of nitrogens with one attached hydrogen (secondary N) is 1. The predicted octanol–water partition coefficient (Wildman–Crippen LogP) is 4.92.